The van der Waals surface area contributed by atoms with E-state index in [4.69, 9.17) is 32.7 Å². The van der Waals surface area contributed by atoms with Crippen molar-refractivity contribution in [2.24, 2.45) is 0 Å². The lowest BCUT2D eigenvalue weighted by molar-refractivity contribution is -0.112. The monoisotopic (exact) mass is 376 g/mol. The van der Waals surface area contributed by atoms with Gasteiger partial charge >= 0.3 is 0 Å². The van der Waals surface area contributed by atoms with Crippen molar-refractivity contribution < 1.29 is 14.3 Å². The molecule has 2 rings (SSSR count). The van der Waals surface area contributed by atoms with Gasteiger partial charge in [0.15, 0.2) is 0 Å². The highest BCUT2D eigenvalue weighted by Crippen LogP contribution is 2.27. The van der Waals surface area contributed by atoms with Gasteiger partial charge in [0.2, 0.25) is 0 Å². The SMILES string of the molecule is COc1cc(/C=C(\C#N)C(=O)Nc2cc(Cl)ccc2Cl)cc(OC)c1. The number of nitrogens with zero attached hydrogens (tertiary/aromatic N) is 1. The van der Waals surface area contributed by atoms with Gasteiger partial charge in [0, 0.05) is 11.1 Å². The largest absolute Gasteiger partial charge is 0.497 e. The molecule has 1 N–H and O–H groups in total. The average molecular weight is 377 g/mol. The Morgan fingerprint density at radius 1 is 1.12 bits per heavy atom. The molecule has 0 radical (unpaired) electrons. The molecule has 1 amide bonds. The van der Waals surface area contributed by atoms with Crippen LogP contribution < -0.4 is 14.8 Å². The van der Waals surface area contributed by atoms with Gasteiger partial charge in [-0.2, -0.15) is 5.26 Å². The van der Waals surface area contributed by atoms with E-state index in [1.807, 2.05) is 6.07 Å². The topological polar surface area (TPSA) is 71.3 Å². The van der Waals surface area contributed by atoms with Crippen molar-refractivity contribution in [3.8, 4) is 17.6 Å². The quantitative estimate of drug-likeness (QED) is 0.613. The Morgan fingerprint density at radius 2 is 1.76 bits per heavy atom. The zero-order valence-corrected chi connectivity index (χ0v) is 15.0. The molecule has 7 heteroatoms. The molecule has 0 saturated heterocycles. The second-order valence-electron chi connectivity index (χ2n) is 4.89. The number of anilines is 1. The van der Waals surface area contributed by atoms with Gasteiger partial charge in [0.25, 0.3) is 5.91 Å². The fourth-order valence-electron chi connectivity index (χ4n) is 2.01. The molecule has 0 saturated carbocycles. The maximum absolute atomic E-state index is 12.4. The predicted octanol–water partition coefficient (Wildman–Crippen LogP) is 4.56. The maximum Gasteiger partial charge on any atom is 0.266 e. The van der Waals surface area contributed by atoms with Crippen molar-refractivity contribution in [3.63, 3.8) is 0 Å². The lowest BCUT2D eigenvalue weighted by atomic mass is 10.1. The van der Waals surface area contributed by atoms with E-state index in [2.05, 4.69) is 5.32 Å². The number of nitrogens with one attached hydrogen (secondary N) is 1. The fourth-order valence-corrected chi connectivity index (χ4v) is 2.35. The van der Waals surface area contributed by atoms with Crippen molar-refractivity contribution in [3.05, 3.63) is 57.6 Å². The third kappa shape index (κ3) is 4.90. The van der Waals surface area contributed by atoms with Gasteiger partial charge in [0.05, 0.1) is 24.9 Å². The Hall–Kier alpha value is -2.68. The summed E-state index contributed by atoms with van der Waals surface area (Å²) in [6, 6.07) is 11.6. The highest BCUT2D eigenvalue weighted by Gasteiger charge is 2.12. The standard InChI is InChI=1S/C18H14Cl2N2O3/c1-24-14-6-11(7-15(9-14)25-2)5-12(10-21)18(23)22-17-8-13(19)3-4-16(17)20/h3-9H,1-2H3,(H,22,23)/b12-5+. The van der Waals surface area contributed by atoms with Gasteiger partial charge in [-0.25, -0.2) is 0 Å². The number of benzene rings is 2. The van der Waals surface area contributed by atoms with Crippen molar-refractivity contribution in [2.45, 2.75) is 0 Å². The summed E-state index contributed by atoms with van der Waals surface area (Å²) in [6.07, 6.45) is 1.43. The molecule has 25 heavy (non-hydrogen) atoms. The Balaban J connectivity index is 2.32. The molecule has 0 aliphatic carbocycles. The minimum absolute atomic E-state index is 0.105. The number of hydrogen-bond donors (Lipinski definition) is 1. The van der Waals surface area contributed by atoms with Gasteiger partial charge in [-0.3, -0.25) is 4.79 Å². The molecule has 0 unspecified atom stereocenters. The van der Waals surface area contributed by atoms with E-state index in [1.54, 1.807) is 30.3 Å². The van der Waals surface area contributed by atoms with Crippen molar-refractivity contribution in [1.29, 1.82) is 5.26 Å². The van der Waals surface area contributed by atoms with Gasteiger partial charge in [-0.05, 0) is 42.0 Å². The summed E-state index contributed by atoms with van der Waals surface area (Å²) in [4.78, 5) is 12.4. The van der Waals surface area contributed by atoms with Gasteiger partial charge < -0.3 is 14.8 Å². The number of ether oxygens (including phenoxy) is 2. The molecule has 0 atom stereocenters. The zero-order chi connectivity index (χ0) is 18.4. The van der Waals surface area contributed by atoms with Crippen LogP contribution in [0.4, 0.5) is 5.69 Å². The summed E-state index contributed by atoms with van der Waals surface area (Å²) in [5, 5.41) is 12.6. The molecular formula is C18H14Cl2N2O3. The molecule has 0 aliphatic rings. The first-order valence-corrected chi connectivity index (χ1v) is 7.83. The van der Waals surface area contributed by atoms with Crippen LogP contribution in [-0.4, -0.2) is 20.1 Å². The highest BCUT2D eigenvalue weighted by atomic mass is 35.5. The number of carbonyl (C=O) groups excluding carboxylic acids is 1. The van der Waals surface area contributed by atoms with Crippen LogP contribution in [0.1, 0.15) is 5.56 Å². The second-order valence-corrected chi connectivity index (χ2v) is 5.74. The van der Waals surface area contributed by atoms with E-state index in [0.717, 1.165) is 0 Å². The lowest BCUT2D eigenvalue weighted by Crippen LogP contribution is -2.13. The van der Waals surface area contributed by atoms with Crippen molar-refractivity contribution in [2.75, 3.05) is 19.5 Å². The minimum atomic E-state index is -0.603. The molecule has 2 aromatic rings. The first-order valence-electron chi connectivity index (χ1n) is 7.08. The van der Waals surface area contributed by atoms with Crippen molar-refractivity contribution >= 4 is 40.9 Å². The van der Waals surface area contributed by atoms with E-state index in [1.165, 1.54) is 26.4 Å². The van der Waals surface area contributed by atoms with Crippen LogP contribution >= 0.6 is 23.2 Å². The molecule has 0 spiro atoms. The van der Waals surface area contributed by atoms with Crippen LogP contribution in [0.5, 0.6) is 11.5 Å². The summed E-state index contributed by atoms with van der Waals surface area (Å²) in [5.74, 6) is 0.482. The summed E-state index contributed by atoms with van der Waals surface area (Å²) in [5.41, 5.74) is 0.801. The smallest absolute Gasteiger partial charge is 0.266 e. The normalized spacial score (nSPS) is 10.8. The van der Waals surface area contributed by atoms with Crippen LogP contribution in [0.2, 0.25) is 10.0 Å². The number of amides is 1. The molecule has 2 aromatic carbocycles. The Morgan fingerprint density at radius 3 is 2.32 bits per heavy atom. The lowest BCUT2D eigenvalue weighted by Gasteiger charge is -2.08. The Kier molecular flexibility index (Phi) is 6.29. The summed E-state index contributed by atoms with van der Waals surface area (Å²) < 4.78 is 10.3. The first-order chi connectivity index (χ1) is 12.0. The van der Waals surface area contributed by atoms with E-state index >= 15 is 0 Å². The third-order valence-electron chi connectivity index (χ3n) is 3.23. The van der Waals surface area contributed by atoms with E-state index in [0.29, 0.717) is 32.8 Å². The molecule has 0 aliphatic heterocycles. The van der Waals surface area contributed by atoms with Gasteiger partial charge in [-0.15, -0.1) is 0 Å². The Bertz CT molecular complexity index is 851. The second kappa shape index (κ2) is 8.43. The first kappa shape index (κ1) is 18.7. The molecule has 0 aromatic heterocycles. The van der Waals surface area contributed by atoms with Crippen LogP contribution in [-0.2, 0) is 4.79 Å². The van der Waals surface area contributed by atoms with Gasteiger partial charge in [-0.1, -0.05) is 23.2 Å². The molecule has 5 nitrogen and oxygen atoms in total. The summed E-state index contributed by atoms with van der Waals surface area (Å²) >= 11 is 11.9. The van der Waals surface area contributed by atoms with Crippen LogP contribution in [0.3, 0.4) is 0 Å². The number of carbonyl (C=O) groups is 1. The van der Waals surface area contributed by atoms with Crippen LogP contribution in [0.15, 0.2) is 42.0 Å². The molecule has 0 heterocycles. The number of nitriles is 1. The summed E-state index contributed by atoms with van der Waals surface area (Å²) in [6.45, 7) is 0. The van der Waals surface area contributed by atoms with Gasteiger partial charge in [0.1, 0.15) is 23.1 Å². The maximum atomic E-state index is 12.4. The third-order valence-corrected chi connectivity index (χ3v) is 3.79. The predicted molar refractivity (Wildman–Crippen MR) is 98.2 cm³/mol. The number of halogens is 2. The molecular weight excluding hydrogens is 363 g/mol. The molecule has 0 bridgehead atoms. The zero-order valence-electron chi connectivity index (χ0n) is 13.5. The van der Waals surface area contributed by atoms with Crippen LogP contribution in [0, 0.1) is 11.3 Å². The number of methoxy groups -OCH3 is 2. The summed E-state index contributed by atoms with van der Waals surface area (Å²) in [7, 11) is 3.03. The molecule has 128 valence electrons. The van der Waals surface area contributed by atoms with Crippen molar-refractivity contribution in [1.82, 2.24) is 0 Å². The number of hydrogen-bond acceptors (Lipinski definition) is 4. The van der Waals surface area contributed by atoms with Crippen LogP contribution in [0.25, 0.3) is 6.08 Å². The highest BCUT2D eigenvalue weighted by molar-refractivity contribution is 6.36. The van der Waals surface area contributed by atoms with E-state index in [9.17, 15) is 10.1 Å². The molecule has 0 fully saturated rings. The van der Waals surface area contributed by atoms with E-state index in [-0.39, 0.29) is 5.57 Å². The van der Waals surface area contributed by atoms with E-state index < -0.39 is 5.91 Å². The fraction of sp³-hybridized carbons (Fsp3) is 0.111. The Labute approximate surface area is 155 Å². The average Bonchev–Trinajstić information content (AvgIpc) is 2.62. The minimum Gasteiger partial charge on any atom is -0.497 e. The number of rotatable bonds is 5.